The van der Waals surface area contributed by atoms with Gasteiger partial charge >= 0.3 is 0 Å². The van der Waals surface area contributed by atoms with Crippen molar-refractivity contribution in [3.05, 3.63) is 23.8 Å². The third kappa shape index (κ3) is 5.11. The number of nitrogens with two attached hydrogens (primary N) is 1. The summed E-state index contributed by atoms with van der Waals surface area (Å²) in [4.78, 5) is 12.1. The molecule has 0 fully saturated rings. The lowest BCUT2D eigenvalue weighted by molar-refractivity contribution is 0.0938. The van der Waals surface area contributed by atoms with E-state index in [0.29, 0.717) is 22.9 Å². The monoisotopic (exact) mass is 278 g/mol. The van der Waals surface area contributed by atoms with Crippen LogP contribution in [0.15, 0.2) is 18.2 Å². The van der Waals surface area contributed by atoms with E-state index in [-0.39, 0.29) is 11.9 Å². The molecule has 0 aliphatic carbocycles. The van der Waals surface area contributed by atoms with Crippen molar-refractivity contribution in [2.24, 2.45) is 5.92 Å². The molecule has 0 aliphatic rings. The predicted molar refractivity (Wildman–Crippen MR) is 83.0 cm³/mol. The third-order valence-electron chi connectivity index (χ3n) is 3.30. The number of methoxy groups -OCH3 is 1. The number of amides is 1. The average molecular weight is 278 g/mol. The van der Waals surface area contributed by atoms with Crippen molar-refractivity contribution in [1.82, 2.24) is 5.32 Å². The first-order chi connectivity index (χ1) is 9.43. The Labute approximate surface area is 121 Å². The van der Waals surface area contributed by atoms with Crippen LogP contribution in [0.25, 0.3) is 0 Å². The lowest BCUT2D eigenvalue weighted by Gasteiger charge is -2.15. The Bertz CT molecular complexity index is 444. The van der Waals surface area contributed by atoms with E-state index in [1.54, 1.807) is 25.3 Å². The Morgan fingerprint density at radius 2 is 2.00 bits per heavy atom. The van der Waals surface area contributed by atoms with Gasteiger partial charge in [-0.05, 0) is 31.4 Å². The highest BCUT2D eigenvalue weighted by molar-refractivity contribution is 5.99. The van der Waals surface area contributed by atoms with Gasteiger partial charge < -0.3 is 15.8 Å². The topological polar surface area (TPSA) is 64.3 Å². The van der Waals surface area contributed by atoms with Crippen LogP contribution < -0.4 is 15.8 Å². The maximum absolute atomic E-state index is 12.1. The van der Waals surface area contributed by atoms with Crippen molar-refractivity contribution in [2.45, 2.75) is 46.1 Å². The molecule has 0 heterocycles. The number of hydrogen-bond donors (Lipinski definition) is 2. The van der Waals surface area contributed by atoms with Crippen LogP contribution in [0, 0.1) is 5.92 Å². The molecule has 0 bridgehead atoms. The normalized spacial score (nSPS) is 12.2. The number of carbonyl (C=O) groups excluding carboxylic acids is 1. The molecular weight excluding hydrogens is 252 g/mol. The summed E-state index contributed by atoms with van der Waals surface area (Å²) in [6.07, 6.45) is 3.29. The van der Waals surface area contributed by atoms with E-state index in [9.17, 15) is 4.79 Å². The summed E-state index contributed by atoms with van der Waals surface area (Å²) < 4.78 is 5.07. The Balaban J connectivity index is 2.53. The molecule has 3 N–H and O–H groups in total. The van der Waals surface area contributed by atoms with Crippen LogP contribution in [0.2, 0.25) is 0 Å². The molecule has 0 aliphatic heterocycles. The smallest absolute Gasteiger partial charge is 0.253 e. The number of carbonyl (C=O) groups is 1. The van der Waals surface area contributed by atoms with Crippen molar-refractivity contribution in [1.29, 1.82) is 0 Å². The maximum Gasteiger partial charge on any atom is 0.253 e. The summed E-state index contributed by atoms with van der Waals surface area (Å²) >= 11 is 0. The molecule has 1 aromatic carbocycles. The van der Waals surface area contributed by atoms with Gasteiger partial charge in [-0.15, -0.1) is 0 Å². The fourth-order valence-corrected chi connectivity index (χ4v) is 2.08. The van der Waals surface area contributed by atoms with E-state index in [1.807, 2.05) is 6.92 Å². The second-order valence-corrected chi connectivity index (χ2v) is 5.65. The molecular formula is C16H26N2O2. The van der Waals surface area contributed by atoms with Gasteiger partial charge in [0.1, 0.15) is 5.75 Å². The van der Waals surface area contributed by atoms with E-state index < -0.39 is 0 Å². The molecule has 1 rings (SSSR count). The van der Waals surface area contributed by atoms with E-state index >= 15 is 0 Å². The van der Waals surface area contributed by atoms with Gasteiger partial charge in [0.25, 0.3) is 5.91 Å². The number of rotatable bonds is 7. The minimum Gasteiger partial charge on any atom is -0.497 e. The number of nitrogen functional groups attached to an aromatic ring is 1. The molecule has 1 amide bonds. The van der Waals surface area contributed by atoms with Crippen molar-refractivity contribution in [2.75, 3.05) is 12.8 Å². The summed E-state index contributed by atoms with van der Waals surface area (Å²) in [5.41, 5.74) is 6.81. The van der Waals surface area contributed by atoms with Gasteiger partial charge in [0.05, 0.1) is 12.7 Å². The number of benzene rings is 1. The van der Waals surface area contributed by atoms with Gasteiger partial charge in [0.2, 0.25) is 0 Å². The van der Waals surface area contributed by atoms with Crippen LogP contribution in [0.3, 0.4) is 0 Å². The van der Waals surface area contributed by atoms with Crippen LogP contribution in [0.4, 0.5) is 5.69 Å². The van der Waals surface area contributed by atoms with E-state index in [4.69, 9.17) is 10.5 Å². The predicted octanol–water partition coefficient (Wildman–Crippen LogP) is 3.22. The van der Waals surface area contributed by atoms with Gasteiger partial charge in [-0.3, -0.25) is 4.79 Å². The second-order valence-electron chi connectivity index (χ2n) is 5.65. The molecule has 1 aromatic rings. The molecule has 0 saturated heterocycles. The molecule has 0 radical (unpaired) electrons. The summed E-state index contributed by atoms with van der Waals surface area (Å²) in [7, 11) is 1.57. The number of ether oxygens (including phenoxy) is 1. The standard InChI is InChI=1S/C16H26N2O2/c1-11(2)6-5-7-12(3)18-16(19)14-9-8-13(20-4)10-15(14)17/h8-12H,5-7,17H2,1-4H3,(H,18,19). The first-order valence-electron chi connectivity index (χ1n) is 7.18. The summed E-state index contributed by atoms with van der Waals surface area (Å²) in [6.45, 7) is 6.44. The molecule has 0 spiro atoms. The van der Waals surface area contributed by atoms with Crippen LogP contribution in [0.5, 0.6) is 5.75 Å². The molecule has 20 heavy (non-hydrogen) atoms. The molecule has 4 heteroatoms. The third-order valence-corrected chi connectivity index (χ3v) is 3.30. The van der Waals surface area contributed by atoms with Crippen molar-refractivity contribution >= 4 is 11.6 Å². The number of anilines is 1. The number of nitrogens with one attached hydrogen (secondary N) is 1. The van der Waals surface area contributed by atoms with E-state index in [1.165, 1.54) is 6.42 Å². The lowest BCUT2D eigenvalue weighted by atomic mass is 10.0. The Hall–Kier alpha value is -1.71. The fourth-order valence-electron chi connectivity index (χ4n) is 2.08. The Morgan fingerprint density at radius 3 is 2.55 bits per heavy atom. The highest BCUT2D eigenvalue weighted by atomic mass is 16.5. The van der Waals surface area contributed by atoms with E-state index in [0.717, 1.165) is 12.8 Å². The quantitative estimate of drug-likeness (QED) is 0.753. The lowest BCUT2D eigenvalue weighted by Crippen LogP contribution is -2.33. The Kier molecular flexibility index (Phi) is 6.36. The number of hydrogen-bond acceptors (Lipinski definition) is 3. The Morgan fingerprint density at radius 1 is 1.30 bits per heavy atom. The minimum absolute atomic E-state index is 0.123. The summed E-state index contributed by atoms with van der Waals surface area (Å²) in [6, 6.07) is 5.26. The van der Waals surface area contributed by atoms with Crippen molar-refractivity contribution in [3.63, 3.8) is 0 Å². The minimum atomic E-state index is -0.123. The van der Waals surface area contributed by atoms with Crippen molar-refractivity contribution in [3.8, 4) is 5.75 Å². The highest BCUT2D eigenvalue weighted by Gasteiger charge is 2.13. The molecule has 112 valence electrons. The van der Waals surface area contributed by atoms with Gasteiger partial charge in [0.15, 0.2) is 0 Å². The molecule has 0 saturated carbocycles. The van der Waals surface area contributed by atoms with Crippen LogP contribution >= 0.6 is 0 Å². The maximum atomic E-state index is 12.1. The van der Waals surface area contributed by atoms with E-state index in [2.05, 4.69) is 19.2 Å². The van der Waals surface area contributed by atoms with Gasteiger partial charge in [0, 0.05) is 17.8 Å². The molecule has 1 unspecified atom stereocenters. The average Bonchev–Trinajstić information content (AvgIpc) is 2.37. The zero-order valence-electron chi connectivity index (χ0n) is 12.9. The molecule has 0 aromatic heterocycles. The first kappa shape index (κ1) is 16.3. The van der Waals surface area contributed by atoms with Gasteiger partial charge in [-0.1, -0.05) is 26.7 Å². The zero-order chi connectivity index (χ0) is 15.1. The molecule has 1 atom stereocenters. The van der Waals surface area contributed by atoms with Crippen LogP contribution in [0.1, 0.15) is 50.4 Å². The largest absolute Gasteiger partial charge is 0.497 e. The van der Waals surface area contributed by atoms with Gasteiger partial charge in [-0.25, -0.2) is 0 Å². The van der Waals surface area contributed by atoms with Gasteiger partial charge in [-0.2, -0.15) is 0 Å². The summed E-state index contributed by atoms with van der Waals surface area (Å²) in [5, 5.41) is 2.99. The first-order valence-corrected chi connectivity index (χ1v) is 7.18. The van der Waals surface area contributed by atoms with Crippen LogP contribution in [-0.4, -0.2) is 19.1 Å². The second kappa shape index (κ2) is 7.78. The fraction of sp³-hybridized carbons (Fsp3) is 0.562. The van der Waals surface area contributed by atoms with Crippen LogP contribution in [-0.2, 0) is 0 Å². The highest BCUT2D eigenvalue weighted by Crippen LogP contribution is 2.19. The SMILES string of the molecule is COc1ccc(C(=O)NC(C)CCCC(C)C)c(N)c1. The zero-order valence-corrected chi connectivity index (χ0v) is 12.9. The summed E-state index contributed by atoms with van der Waals surface area (Å²) in [5.74, 6) is 1.24. The van der Waals surface area contributed by atoms with Crippen molar-refractivity contribution < 1.29 is 9.53 Å². The molecule has 4 nitrogen and oxygen atoms in total.